The van der Waals surface area contributed by atoms with Crippen molar-refractivity contribution in [1.29, 1.82) is 0 Å². The molecule has 0 atom stereocenters. The summed E-state index contributed by atoms with van der Waals surface area (Å²) in [5, 5.41) is 1.23. The van der Waals surface area contributed by atoms with E-state index >= 15 is 0 Å². The van der Waals surface area contributed by atoms with Gasteiger partial charge < -0.3 is 9.32 Å². The zero-order chi connectivity index (χ0) is 20.5. The van der Waals surface area contributed by atoms with Crippen molar-refractivity contribution in [3.05, 3.63) is 101 Å². The number of hydrogen-bond acceptors (Lipinski definition) is 3. The average Bonchev–Trinajstić information content (AvgIpc) is 3.22. The molecule has 3 nitrogen and oxygen atoms in total. The first-order valence-electron chi connectivity index (χ1n) is 10.6. The number of hydrogen-bond donors (Lipinski definition) is 0. The molecule has 3 heteroatoms. The van der Waals surface area contributed by atoms with Crippen molar-refractivity contribution < 1.29 is 9.21 Å². The van der Waals surface area contributed by atoms with Gasteiger partial charge in [0.15, 0.2) is 5.78 Å². The monoisotopic (exact) mass is 395 g/mol. The van der Waals surface area contributed by atoms with Crippen LogP contribution in [0.25, 0.3) is 11.0 Å². The Bertz CT molecular complexity index is 1180. The van der Waals surface area contributed by atoms with Gasteiger partial charge in [0.25, 0.3) is 0 Å². The van der Waals surface area contributed by atoms with Crippen LogP contribution in [0.3, 0.4) is 0 Å². The largest absolute Gasteiger partial charge is 0.464 e. The predicted octanol–water partition coefficient (Wildman–Crippen LogP) is 6.36. The van der Waals surface area contributed by atoms with Gasteiger partial charge in [-0.1, -0.05) is 54.6 Å². The number of carbonyl (C=O) groups excluding carboxylic acids is 1. The Hall–Kier alpha value is -3.33. The summed E-state index contributed by atoms with van der Waals surface area (Å²) in [6, 6.07) is 24.0. The van der Waals surface area contributed by atoms with Crippen molar-refractivity contribution in [2.75, 3.05) is 18.0 Å². The van der Waals surface area contributed by atoms with E-state index in [0.717, 1.165) is 48.3 Å². The number of carbonyl (C=O) groups is 1. The molecule has 0 saturated carbocycles. The summed E-state index contributed by atoms with van der Waals surface area (Å²) in [6.45, 7) is 3.96. The topological polar surface area (TPSA) is 33.5 Å². The summed E-state index contributed by atoms with van der Waals surface area (Å²) in [5.41, 5.74) is 6.08. The summed E-state index contributed by atoms with van der Waals surface area (Å²) in [5.74, 6) is 0.576. The van der Waals surface area contributed by atoms with Crippen molar-refractivity contribution in [3.8, 4) is 0 Å². The molecule has 1 aliphatic rings. The van der Waals surface area contributed by atoms with Gasteiger partial charge in [0, 0.05) is 40.9 Å². The maximum absolute atomic E-state index is 13.1. The zero-order valence-electron chi connectivity index (χ0n) is 17.2. The van der Waals surface area contributed by atoms with E-state index in [2.05, 4.69) is 36.1 Å². The summed E-state index contributed by atoms with van der Waals surface area (Å²) >= 11 is 0. The van der Waals surface area contributed by atoms with Crippen LogP contribution in [0.5, 0.6) is 0 Å². The standard InChI is InChI=1S/C27H25NO2/c1-19-11-12-22-24(18-30-26(22)17-19)20-13-15-28(16-14-20)25-10-6-5-9-23(25)27(29)21-7-3-2-4-8-21/h2-12,17-18,20H,13-16H2,1H3. The molecule has 0 spiro atoms. The van der Waals surface area contributed by atoms with Crippen LogP contribution in [0.1, 0.15) is 45.8 Å². The van der Waals surface area contributed by atoms with E-state index in [9.17, 15) is 4.79 Å². The van der Waals surface area contributed by atoms with Crippen LogP contribution in [0.2, 0.25) is 0 Å². The first kappa shape index (κ1) is 18.7. The van der Waals surface area contributed by atoms with Crippen LogP contribution in [0.4, 0.5) is 5.69 Å². The van der Waals surface area contributed by atoms with Crippen molar-refractivity contribution in [2.24, 2.45) is 0 Å². The highest BCUT2D eigenvalue weighted by molar-refractivity contribution is 6.12. The van der Waals surface area contributed by atoms with E-state index in [1.165, 1.54) is 16.5 Å². The van der Waals surface area contributed by atoms with Gasteiger partial charge in [-0.2, -0.15) is 0 Å². The number of nitrogens with zero attached hydrogens (tertiary/aromatic N) is 1. The molecule has 0 aliphatic carbocycles. The summed E-state index contributed by atoms with van der Waals surface area (Å²) < 4.78 is 5.84. The minimum Gasteiger partial charge on any atom is -0.464 e. The summed E-state index contributed by atoms with van der Waals surface area (Å²) in [4.78, 5) is 15.5. The number of para-hydroxylation sites is 1. The number of piperidine rings is 1. The molecule has 1 aliphatic heterocycles. The maximum atomic E-state index is 13.1. The molecule has 0 N–H and O–H groups in total. The fourth-order valence-electron chi connectivity index (χ4n) is 4.59. The van der Waals surface area contributed by atoms with E-state index in [1.807, 2.05) is 54.8 Å². The molecule has 0 amide bonds. The number of benzene rings is 3. The molecule has 1 saturated heterocycles. The Balaban J connectivity index is 1.37. The van der Waals surface area contributed by atoms with Crippen LogP contribution in [0, 0.1) is 6.92 Å². The molecule has 5 rings (SSSR count). The smallest absolute Gasteiger partial charge is 0.195 e. The average molecular weight is 396 g/mol. The van der Waals surface area contributed by atoms with Crippen LogP contribution in [-0.2, 0) is 0 Å². The van der Waals surface area contributed by atoms with Gasteiger partial charge in [-0.05, 0) is 49.4 Å². The molecule has 150 valence electrons. The minimum atomic E-state index is 0.0875. The third kappa shape index (κ3) is 3.41. The molecule has 0 radical (unpaired) electrons. The zero-order valence-corrected chi connectivity index (χ0v) is 17.2. The van der Waals surface area contributed by atoms with E-state index in [0.29, 0.717) is 5.92 Å². The van der Waals surface area contributed by atoms with Gasteiger partial charge in [0.05, 0.1) is 6.26 Å². The molecule has 1 aromatic heterocycles. The number of rotatable bonds is 4. The molecule has 2 heterocycles. The number of anilines is 1. The molecule has 0 bridgehead atoms. The van der Waals surface area contributed by atoms with E-state index in [4.69, 9.17) is 4.42 Å². The molecule has 3 aromatic carbocycles. The fraction of sp³-hybridized carbons (Fsp3) is 0.222. The van der Waals surface area contributed by atoms with Crippen molar-refractivity contribution in [2.45, 2.75) is 25.7 Å². The Morgan fingerprint density at radius 1 is 0.933 bits per heavy atom. The highest BCUT2D eigenvalue weighted by atomic mass is 16.3. The molecular weight excluding hydrogens is 370 g/mol. The Labute approximate surface area is 176 Å². The maximum Gasteiger partial charge on any atom is 0.195 e. The lowest BCUT2D eigenvalue weighted by Crippen LogP contribution is -2.33. The van der Waals surface area contributed by atoms with Gasteiger partial charge in [0.1, 0.15) is 5.58 Å². The number of furan rings is 1. The second kappa shape index (κ2) is 7.83. The van der Waals surface area contributed by atoms with E-state index in [-0.39, 0.29) is 5.78 Å². The molecular formula is C27H25NO2. The quantitative estimate of drug-likeness (QED) is 0.377. The van der Waals surface area contributed by atoms with Gasteiger partial charge in [-0.15, -0.1) is 0 Å². The Morgan fingerprint density at radius 2 is 1.67 bits per heavy atom. The molecule has 1 fully saturated rings. The molecule has 4 aromatic rings. The predicted molar refractivity (Wildman–Crippen MR) is 121 cm³/mol. The highest BCUT2D eigenvalue weighted by Gasteiger charge is 2.26. The highest BCUT2D eigenvalue weighted by Crippen LogP contribution is 2.36. The van der Waals surface area contributed by atoms with Gasteiger partial charge in [-0.3, -0.25) is 4.79 Å². The number of aryl methyl sites for hydroxylation is 1. The number of fused-ring (bicyclic) bond motifs is 1. The lowest BCUT2D eigenvalue weighted by Gasteiger charge is -2.34. The Morgan fingerprint density at radius 3 is 2.47 bits per heavy atom. The van der Waals surface area contributed by atoms with Gasteiger partial charge >= 0.3 is 0 Å². The Kier molecular flexibility index (Phi) is 4.88. The summed E-state index contributed by atoms with van der Waals surface area (Å²) in [6.07, 6.45) is 4.05. The normalized spacial score (nSPS) is 14.9. The second-order valence-electron chi connectivity index (χ2n) is 8.16. The SMILES string of the molecule is Cc1ccc2c(C3CCN(c4ccccc4C(=O)c4ccccc4)CC3)coc2c1. The minimum absolute atomic E-state index is 0.0875. The first-order valence-corrected chi connectivity index (χ1v) is 10.6. The van der Waals surface area contributed by atoms with Crippen LogP contribution >= 0.6 is 0 Å². The lowest BCUT2D eigenvalue weighted by atomic mass is 9.88. The van der Waals surface area contributed by atoms with Crippen molar-refractivity contribution >= 4 is 22.4 Å². The summed E-state index contributed by atoms with van der Waals surface area (Å²) in [7, 11) is 0. The number of ketones is 1. The van der Waals surface area contributed by atoms with Crippen LogP contribution < -0.4 is 4.90 Å². The second-order valence-corrected chi connectivity index (χ2v) is 8.16. The van der Waals surface area contributed by atoms with Crippen molar-refractivity contribution in [3.63, 3.8) is 0 Å². The third-order valence-electron chi connectivity index (χ3n) is 6.22. The molecule has 30 heavy (non-hydrogen) atoms. The first-order chi connectivity index (χ1) is 14.7. The van der Waals surface area contributed by atoms with Gasteiger partial charge in [0.2, 0.25) is 0 Å². The van der Waals surface area contributed by atoms with Crippen LogP contribution in [-0.4, -0.2) is 18.9 Å². The van der Waals surface area contributed by atoms with E-state index in [1.54, 1.807) is 0 Å². The fourth-order valence-corrected chi connectivity index (χ4v) is 4.59. The lowest BCUT2D eigenvalue weighted by molar-refractivity contribution is 0.103. The third-order valence-corrected chi connectivity index (χ3v) is 6.22. The van der Waals surface area contributed by atoms with Crippen molar-refractivity contribution in [1.82, 2.24) is 0 Å². The molecule has 0 unspecified atom stereocenters. The van der Waals surface area contributed by atoms with Crippen LogP contribution in [0.15, 0.2) is 83.5 Å². The van der Waals surface area contributed by atoms with E-state index < -0.39 is 0 Å². The van der Waals surface area contributed by atoms with Gasteiger partial charge in [-0.25, -0.2) is 0 Å².